The Kier molecular flexibility index (Phi) is 4.19. The van der Waals surface area contributed by atoms with Crippen LogP contribution in [-0.4, -0.2) is 24.5 Å². The maximum absolute atomic E-state index is 6.57. The number of likely N-dealkylation sites (tertiary alicyclic amines) is 1. The summed E-state index contributed by atoms with van der Waals surface area (Å²) in [5.41, 5.74) is 7.65. The van der Waals surface area contributed by atoms with Crippen LogP contribution < -0.4 is 10.5 Å². The Hall–Kier alpha value is -2.00. The van der Waals surface area contributed by atoms with E-state index in [1.807, 2.05) is 24.3 Å². The molecular weight excluding hydrogens is 296 g/mol. The Morgan fingerprint density at radius 3 is 2.25 bits per heavy atom. The molecule has 1 saturated carbocycles. The van der Waals surface area contributed by atoms with Crippen LogP contribution in [-0.2, 0) is 5.60 Å². The van der Waals surface area contributed by atoms with Crippen LogP contribution in [0.5, 0.6) is 5.75 Å². The highest BCUT2D eigenvalue weighted by Crippen LogP contribution is 2.39. The van der Waals surface area contributed by atoms with Crippen molar-refractivity contribution in [3.8, 4) is 5.75 Å². The topological polar surface area (TPSA) is 38.5 Å². The lowest BCUT2D eigenvalue weighted by Gasteiger charge is -2.42. The zero-order chi connectivity index (χ0) is 16.4. The first-order chi connectivity index (χ1) is 11.7. The van der Waals surface area contributed by atoms with Crippen molar-refractivity contribution < 1.29 is 4.74 Å². The minimum atomic E-state index is -0.225. The summed E-state index contributed by atoms with van der Waals surface area (Å²) in [7, 11) is 0. The molecule has 4 rings (SSSR count). The van der Waals surface area contributed by atoms with E-state index in [1.54, 1.807) is 0 Å². The molecule has 2 aromatic rings. The maximum Gasteiger partial charge on any atom is 0.136 e. The molecule has 126 valence electrons. The number of benzene rings is 2. The van der Waals surface area contributed by atoms with E-state index in [0.717, 1.165) is 43.3 Å². The second-order valence-corrected chi connectivity index (χ2v) is 7.28. The predicted octanol–water partition coefficient (Wildman–Crippen LogP) is 4.05. The summed E-state index contributed by atoms with van der Waals surface area (Å²) in [4.78, 5) is 2.62. The lowest BCUT2D eigenvalue weighted by Crippen LogP contribution is -2.46. The Morgan fingerprint density at radius 2 is 1.62 bits per heavy atom. The number of rotatable bonds is 5. The number of anilines is 1. The van der Waals surface area contributed by atoms with Crippen LogP contribution in [0.2, 0.25) is 0 Å². The third kappa shape index (κ3) is 3.41. The number of ether oxygens (including phenoxy) is 1. The molecule has 2 aliphatic rings. The molecule has 1 aliphatic carbocycles. The van der Waals surface area contributed by atoms with Gasteiger partial charge in [-0.05, 0) is 48.6 Å². The quantitative estimate of drug-likeness (QED) is 0.844. The fourth-order valence-electron chi connectivity index (χ4n) is 3.72. The molecule has 2 N–H and O–H groups in total. The zero-order valence-corrected chi connectivity index (χ0v) is 14.2. The molecule has 0 radical (unpaired) electrons. The number of nitrogen functional groups attached to an aromatic ring is 1. The fraction of sp³-hybridized carbons (Fsp3) is 0.429. The number of hydrogen-bond acceptors (Lipinski definition) is 3. The average molecular weight is 322 g/mol. The van der Waals surface area contributed by atoms with E-state index in [2.05, 4.69) is 35.2 Å². The largest absolute Gasteiger partial charge is 0.482 e. The average Bonchev–Trinajstić information content (AvgIpc) is 3.44. The Balaban J connectivity index is 1.55. The van der Waals surface area contributed by atoms with E-state index < -0.39 is 0 Å². The van der Waals surface area contributed by atoms with Crippen LogP contribution in [0.4, 0.5) is 5.69 Å². The number of piperidine rings is 1. The van der Waals surface area contributed by atoms with Crippen molar-refractivity contribution in [1.29, 1.82) is 0 Å². The highest BCUT2D eigenvalue weighted by atomic mass is 16.5. The molecule has 0 unspecified atom stereocenters. The van der Waals surface area contributed by atoms with Gasteiger partial charge < -0.3 is 15.4 Å². The first kappa shape index (κ1) is 15.5. The molecular formula is C21H26N2O. The summed E-state index contributed by atoms with van der Waals surface area (Å²) >= 11 is 0. The van der Waals surface area contributed by atoms with Gasteiger partial charge in [-0.3, -0.25) is 0 Å². The molecule has 1 heterocycles. The van der Waals surface area contributed by atoms with Crippen LogP contribution >= 0.6 is 0 Å². The van der Waals surface area contributed by atoms with E-state index in [1.165, 1.54) is 24.9 Å². The van der Waals surface area contributed by atoms with Crippen LogP contribution in [0.3, 0.4) is 0 Å². The standard InChI is InChI=1S/C21H26N2O/c22-19-8-10-20(11-9-19)24-21(18-4-2-1-3-5-18)12-14-23(15-13-21)16-17-6-7-17/h1-5,8-11,17H,6-7,12-16,22H2. The molecule has 2 fully saturated rings. The van der Waals surface area contributed by atoms with Crippen LogP contribution in [0.25, 0.3) is 0 Å². The molecule has 0 atom stereocenters. The van der Waals surface area contributed by atoms with Gasteiger partial charge in [-0.2, -0.15) is 0 Å². The summed E-state index contributed by atoms with van der Waals surface area (Å²) in [5, 5.41) is 0. The van der Waals surface area contributed by atoms with Gasteiger partial charge in [0.25, 0.3) is 0 Å². The lowest BCUT2D eigenvalue weighted by molar-refractivity contribution is -0.00385. The number of nitrogens with zero attached hydrogens (tertiary/aromatic N) is 1. The molecule has 3 heteroatoms. The van der Waals surface area contributed by atoms with E-state index in [-0.39, 0.29) is 5.60 Å². The van der Waals surface area contributed by atoms with Crippen LogP contribution in [0, 0.1) is 5.92 Å². The van der Waals surface area contributed by atoms with Crippen molar-refractivity contribution >= 4 is 5.69 Å². The van der Waals surface area contributed by atoms with Gasteiger partial charge in [-0.1, -0.05) is 30.3 Å². The normalized spacial score (nSPS) is 20.7. The Morgan fingerprint density at radius 1 is 0.958 bits per heavy atom. The molecule has 0 bridgehead atoms. The molecule has 1 saturated heterocycles. The molecule has 1 aliphatic heterocycles. The smallest absolute Gasteiger partial charge is 0.136 e. The second kappa shape index (κ2) is 6.48. The summed E-state index contributed by atoms with van der Waals surface area (Å²) in [6.45, 7) is 3.49. The Labute approximate surface area is 144 Å². The van der Waals surface area contributed by atoms with E-state index in [9.17, 15) is 0 Å². The van der Waals surface area contributed by atoms with Gasteiger partial charge in [0.2, 0.25) is 0 Å². The number of nitrogens with two attached hydrogens (primary N) is 1. The van der Waals surface area contributed by atoms with Crippen molar-refractivity contribution in [3.63, 3.8) is 0 Å². The summed E-state index contributed by atoms with van der Waals surface area (Å²) in [5.74, 6) is 1.86. The summed E-state index contributed by atoms with van der Waals surface area (Å²) < 4.78 is 6.57. The minimum absolute atomic E-state index is 0.225. The van der Waals surface area contributed by atoms with Crippen LogP contribution in [0.15, 0.2) is 54.6 Å². The maximum atomic E-state index is 6.57. The molecule has 0 amide bonds. The zero-order valence-electron chi connectivity index (χ0n) is 14.2. The third-order valence-electron chi connectivity index (χ3n) is 5.37. The summed E-state index contributed by atoms with van der Waals surface area (Å²) in [6.07, 6.45) is 4.91. The van der Waals surface area contributed by atoms with Crippen molar-refractivity contribution in [2.45, 2.75) is 31.3 Å². The number of hydrogen-bond donors (Lipinski definition) is 1. The van der Waals surface area contributed by atoms with Gasteiger partial charge in [0.1, 0.15) is 11.4 Å². The SMILES string of the molecule is Nc1ccc(OC2(c3ccccc3)CCN(CC3CC3)CC2)cc1. The van der Waals surface area contributed by atoms with Gasteiger partial charge in [0.05, 0.1) is 0 Å². The van der Waals surface area contributed by atoms with E-state index >= 15 is 0 Å². The predicted molar refractivity (Wildman–Crippen MR) is 98.0 cm³/mol. The van der Waals surface area contributed by atoms with E-state index in [4.69, 9.17) is 10.5 Å². The molecule has 24 heavy (non-hydrogen) atoms. The van der Waals surface area contributed by atoms with Crippen molar-refractivity contribution in [3.05, 3.63) is 60.2 Å². The van der Waals surface area contributed by atoms with Crippen molar-refractivity contribution in [2.24, 2.45) is 5.92 Å². The molecule has 0 aromatic heterocycles. The van der Waals surface area contributed by atoms with E-state index in [0.29, 0.717) is 0 Å². The van der Waals surface area contributed by atoms with Gasteiger partial charge >= 0.3 is 0 Å². The molecule has 0 spiro atoms. The van der Waals surface area contributed by atoms with Gasteiger partial charge in [0, 0.05) is 38.2 Å². The highest BCUT2D eigenvalue weighted by molar-refractivity contribution is 5.42. The van der Waals surface area contributed by atoms with Gasteiger partial charge in [-0.25, -0.2) is 0 Å². The third-order valence-corrected chi connectivity index (χ3v) is 5.37. The highest BCUT2D eigenvalue weighted by Gasteiger charge is 2.39. The fourth-order valence-corrected chi connectivity index (χ4v) is 3.72. The van der Waals surface area contributed by atoms with Crippen molar-refractivity contribution in [1.82, 2.24) is 4.90 Å². The second-order valence-electron chi connectivity index (χ2n) is 7.28. The monoisotopic (exact) mass is 322 g/mol. The Bertz CT molecular complexity index is 656. The molecule has 2 aromatic carbocycles. The van der Waals surface area contributed by atoms with Gasteiger partial charge in [0.15, 0.2) is 0 Å². The summed E-state index contributed by atoms with van der Waals surface area (Å²) in [6, 6.07) is 18.5. The minimum Gasteiger partial charge on any atom is -0.482 e. The van der Waals surface area contributed by atoms with Crippen LogP contribution in [0.1, 0.15) is 31.2 Å². The molecule has 3 nitrogen and oxygen atoms in total. The lowest BCUT2D eigenvalue weighted by atomic mass is 9.84. The van der Waals surface area contributed by atoms with Crippen molar-refractivity contribution in [2.75, 3.05) is 25.4 Å². The first-order valence-corrected chi connectivity index (χ1v) is 9.06. The van der Waals surface area contributed by atoms with Gasteiger partial charge in [-0.15, -0.1) is 0 Å². The first-order valence-electron chi connectivity index (χ1n) is 9.06.